The molecule has 1 N–H and O–H groups in total. The average Bonchev–Trinajstić information content (AvgIpc) is 2.45. The molecule has 0 aromatic heterocycles. The Morgan fingerprint density at radius 3 is 2.33 bits per heavy atom. The number of likely N-dealkylation sites (N-methyl/N-ethyl adjacent to an activating group) is 1. The number of aryl methyl sites for hydroxylation is 2. The largest absolute Gasteiger partial charge is 0.339 e. The summed E-state index contributed by atoms with van der Waals surface area (Å²) in [4.78, 5) is 16.2. The first-order valence-corrected chi connectivity index (χ1v) is 7.40. The Morgan fingerprint density at radius 2 is 1.76 bits per heavy atom. The number of hydrogen-bond acceptors (Lipinski definition) is 3. The Bertz CT molecular complexity index is 487. The van der Waals surface area contributed by atoms with Crippen LogP contribution >= 0.6 is 0 Å². The molecule has 0 aliphatic carbocycles. The molecular formula is C16H24FN3O. The van der Waals surface area contributed by atoms with E-state index in [-0.39, 0.29) is 11.7 Å². The highest BCUT2D eigenvalue weighted by Gasteiger charge is 2.18. The fourth-order valence-electron chi connectivity index (χ4n) is 2.62. The number of nitrogens with one attached hydrogen (secondary N) is 1. The summed E-state index contributed by atoms with van der Waals surface area (Å²) < 4.78 is 13.6. The number of amides is 1. The summed E-state index contributed by atoms with van der Waals surface area (Å²) in [7, 11) is 2.07. The number of benzene rings is 1. The lowest BCUT2D eigenvalue weighted by Gasteiger charge is -2.32. The highest BCUT2D eigenvalue weighted by molar-refractivity contribution is 5.78. The molecule has 0 unspecified atom stereocenters. The molecule has 1 fully saturated rings. The molecule has 21 heavy (non-hydrogen) atoms. The SMILES string of the molecule is Cc1cc(CNCC(=O)N2CCN(C)CC2)cc(C)c1F. The zero-order valence-electron chi connectivity index (χ0n) is 13.1. The van der Waals surface area contributed by atoms with Crippen molar-refractivity contribution in [1.29, 1.82) is 0 Å². The maximum Gasteiger partial charge on any atom is 0.236 e. The third-order valence-electron chi connectivity index (χ3n) is 3.96. The summed E-state index contributed by atoms with van der Waals surface area (Å²) in [6.07, 6.45) is 0. The van der Waals surface area contributed by atoms with Gasteiger partial charge in [-0.1, -0.05) is 12.1 Å². The van der Waals surface area contributed by atoms with E-state index in [1.165, 1.54) is 0 Å². The van der Waals surface area contributed by atoms with E-state index in [2.05, 4.69) is 17.3 Å². The zero-order valence-corrected chi connectivity index (χ0v) is 13.1. The summed E-state index contributed by atoms with van der Waals surface area (Å²) in [5, 5.41) is 3.16. The van der Waals surface area contributed by atoms with Crippen molar-refractivity contribution in [1.82, 2.24) is 15.1 Å². The van der Waals surface area contributed by atoms with Crippen molar-refractivity contribution in [3.8, 4) is 0 Å². The van der Waals surface area contributed by atoms with Gasteiger partial charge in [0, 0.05) is 32.7 Å². The van der Waals surface area contributed by atoms with Gasteiger partial charge in [0.1, 0.15) is 5.82 Å². The number of carbonyl (C=O) groups excluding carboxylic acids is 1. The monoisotopic (exact) mass is 293 g/mol. The van der Waals surface area contributed by atoms with Gasteiger partial charge in [-0.05, 0) is 37.6 Å². The Labute approximate surface area is 125 Å². The molecule has 0 saturated carbocycles. The average molecular weight is 293 g/mol. The van der Waals surface area contributed by atoms with Crippen LogP contribution in [0.2, 0.25) is 0 Å². The number of halogens is 1. The minimum Gasteiger partial charge on any atom is -0.339 e. The van der Waals surface area contributed by atoms with Gasteiger partial charge in [0.15, 0.2) is 0 Å². The van der Waals surface area contributed by atoms with Crippen LogP contribution in [0, 0.1) is 19.7 Å². The smallest absolute Gasteiger partial charge is 0.236 e. The van der Waals surface area contributed by atoms with Crippen molar-refractivity contribution in [2.75, 3.05) is 39.8 Å². The third kappa shape index (κ3) is 4.25. The van der Waals surface area contributed by atoms with Crippen molar-refractivity contribution in [2.24, 2.45) is 0 Å². The van der Waals surface area contributed by atoms with Gasteiger partial charge >= 0.3 is 0 Å². The second-order valence-corrected chi connectivity index (χ2v) is 5.83. The Balaban J connectivity index is 1.80. The molecule has 1 saturated heterocycles. The maximum atomic E-state index is 13.6. The van der Waals surface area contributed by atoms with Crippen molar-refractivity contribution < 1.29 is 9.18 Å². The summed E-state index contributed by atoms with van der Waals surface area (Å²) in [6, 6.07) is 3.66. The van der Waals surface area contributed by atoms with Crippen molar-refractivity contribution >= 4 is 5.91 Å². The third-order valence-corrected chi connectivity index (χ3v) is 3.96. The van der Waals surface area contributed by atoms with Gasteiger partial charge in [-0.2, -0.15) is 0 Å². The maximum absolute atomic E-state index is 13.6. The predicted molar refractivity (Wildman–Crippen MR) is 81.7 cm³/mol. The number of piperazine rings is 1. The molecule has 1 amide bonds. The van der Waals surface area contributed by atoms with Gasteiger partial charge < -0.3 is 15.1 Å². The fraction of sp³-hybridized carbons (Fsp3) is 0.562. The van der Waals surface area contributed by atoms with E-state index in [1.54, 1.807) is 13.8 Å². The molecular weight excluding hydrogens is 269 g/mol. The number of nitrogens with zero attached hydrogens (tertiary/aromatic N) is 2. The van der Waals surface area contributed by atoms with Crippen LogP contribution in [0.25, 0.3) is 0 Å². The zero-order chi connectivity index (χ0) is 15.4. The van der Waals surface area contributed by atoms with Gasteiger partial charge in [-0.3, -0.25) is 4.79 Å². The number of hydrogen-bond donors (Lipinski definition) is 1. The van der Waals surface area contributed by atoms with Crippen LogP contribution in [0.1, 0.15) is 16.7 Å². The molecule has 2 rings (SSSR count). The van der Waals surface area contributed by atoms with E-state index in [0.717, 1.165) is 31.7 Å². The number of carbonyl (C=O) groups is 1. The lowest BCUT2D eigenvalue weighted by molar-refractivity contribution is -0.131. The first kappa shape index (κ1) is 15.9. The molecule has 1 heterocycles. The van der Waals surface area contributed by atoms with Gasteiger partial charge in [0.2, 0.25) is 5.91 Å². The molecule has 116 valence electrons. The minimum atomic E-state index is -0.146. The van der Waals surface area contributed by atoms with Crippen LogP contribution in [0.4, 0.5) is 4.39 Å². The van der Waals surface area contributed by atoms with Gasteiger partial charge in [-0.15, -0.1) is 0 Å². The van der Waals surface area contributed by atoms with Crippen LogP contribution in [-0.4, -0.2) is 55.5 Å². The van der Waals surface area contributed by atoms with Crippen LogP contribution < -0.4 is 5.32 Å². The molecule has 1 aromatic carbocycles. The molecule has 0 atom stereocenters. The van der Waals surface area contributed by atoms with Crippen molar-refractivity contribution in [2.45, 2.75) is 20.4 Å². The molecule has 4 nitrogen and oxygen atoms in total. The quantitative estimate of drug-likeness (QED) is 0.909. The normalized spacial score (nSPS) is 16.3. The lowest BCUT2D eigenvalue weighted by Crippen LogP contribution is -2.49. The van der Waals surface area contributed by atoms with E-state index >= 15 is 0 Å². The standard InChI is InChI=1S/C16H24FN3O/c1-12-8-14(9-13(2)16(12)17)10-18-11-15(21)20-6-4-19(3)5-7-20/h8-9,18H,4-7,10-11H2,1-3H3. The van der Waals surface area contributed by atoms with E-state index in [4.69, 9.17) is 0 Å². The molecule has 1 aliphatic rings. The Hall–Kier alpha value is -1.46. The highest BCUT2D eigenvalue weighted by atomic mass is 19.1. The summed E-state index contributed by atoms with van der Waals surface area (Å²) >= 11 is 0. The van der Waals surface area contributed by atoms with Crippen LogP contribution in [-0.2, 0) is 11.3 Å². The van der Waals surface area contributed by atoms with Crippen LogP contribution in [0.5, 0.6) is 0 Å². The molecule has 5 heteroatoms. The van der Waals surface area contributed by atoms with Crippen molar-refractivity contribution in [3.63, 3.8) is 0 Å². The van der Waals surface area contributed by atoms with E-state index < -0.39 is 0 Å². The minimum absolute atomic E-state index is 0.138. The molecule has 0 spiro atoms. The van der Waals surface area contributed by atoms with Crippen LogP contribution in [0.15, 0.2) is 12.1 Å². The van der Waals surface area contributed by atoms with E-state index in [1.807, 2.05) is 17.0 Å². The predicted octanol–water partition coefficient (Wildman–Crippen LogP) is 1.31. The molecule has 1 aromatic rings. The summed E-state index contributed by atoms with van der Waals surface area (Å²) in [5.41, 5.74) is 2.31. The lowest BCUT2D eigenvalue weighted by atomic mass is 10.1. The second kappa shape index (κ2) is 7.00. The molecule has 1 aliphatic heterocycles. The van der Waals surface area contributed by atoms with Gasteiger partial charge in [-0.25, -0.2) is 4.39 Å². The molecule has 0 radical (unpaired) electrons. The van der Waals surface area contributed by atoms with Gasteiger partial charge in [0.05, 0.1) is 6.54 Å². The van der Waals surface area contributed by atoms with E-state index in [9.17, 15) is 9.18 Å². The first-order valence-electron chi connectivity index (χ1n) is 7.40. The second-order valence-electron chi connectivity index (χ2n) is 5.83. The first-order chi connectivity index (χ1) is 9.97. The highest BCUT2D eigenvalue weighted by Crippen LogP contribution is 2.14. The number of rotatable bonds is 4. The van der Waals surface area contributed by atoms with Crippen LogP contribution in [0.3, 0.4) is 0 Å². The fourth-order valence-corrected chi connectivity index (χ4v) is 2.62. The topological polar surface area (TPSA) is 35.6 Å². The summed E-state index contributed by atoms with van der Waals surface area (Å²) in [6.45, 7) is 7.91. The van der Waals surface area contributed by atoms with E-state index in [0.29, 0.717) is 24.2 Å². The van der Waals surface area contributed by atoms with Gasteiger partial charge in [0.25, 0.3) is 0 Å². The van der Waals surface area contributed by atoms with Crippen molar-refractivity contribution in [3.05, 3.63) is 34.6 Å². The Kier molecular flexibility index (Phi) is 5.31. The summed E-state index contributed by atoms with van der Waals surface area (Å²) in [5.74, 6) is -0.00841. The molecule has 0 bridgehead atoms. The Morgan fingerprint density at radius 1 is 1.19 bits per heavy atom.